The maximum atomic E-state index is 12.0. The molecule has 1 aromatic carbocycles. The fourth-order valence-electron chi connectivity index (χ4n) is 1.98. The highest BCUT2D eigenvalue weighted by atomic mass is 127. The molecule has 7 heteroatoms. The van der Waals surface area contributed by atoms with Gasteiger partial charge in [0.25, 0.3) is 5.91 Å². The van der Waals surface area contributed by atoms with Gasteiger partial charge in [0.2, 0.25) is 0 Å². The zero-order chi connectivity index (χ0) is 17.8. The molecule has 3 N–H and O–H groups in total. The van der Waals surface area contributed by atoms with Crippen molar-refractivity contribution in [2.45, 2.75) is 27.2 Å². The topological polar surface area (TPSA) is 74.8 Å². The van der Waals surface area contributed by atoms with Gasteiger partial charge >= 0.3 is 0 Å². The predicted octanol–water partition coefficient (Wildman–Crippen LogP) is 2.64. The largest absolute Gasteiger partial charge is 0.497 e. The van der Waals surface area contributed by atoms with Crippen molar-refractivity contribution in [3.63, 3.8) is 0 Å². The Labute approximate surface area is 168 Å². The standard InChI is InChI=1S/C18H30N4O2.HI/c1-5-19-18(21-11-10-14(2)3)22-13-12-20-17(23)15-6-8-16(24-4)9-7-15;/h6-9,14H,5,10-13H2,1-4H3,(H,20,23)(H2,19,21,22);1H. The van der Waals surface area contributed by atoms with Crippen LogP contribution in [-0.2, 0) is 0 Å². The number of hydrogen-bond acceptors (Lipinski definition) is 3. The number of guanidine groups is 1. The lowest BCUT2D eigenvalue weighted by Gasteiger charge is -2.12. The SMILES string of the molecule is CCNC(=NCCC(C)C)NCCNC(=O)c1ccc(OC)cc1.I. The molecule has 0 saturated heterocycles. The van der Waals surface area contributed by atoms with E-state index >= 15 is 0 Å². The number of benzene rings is 1. The number of aliphatic imine (C=N–C) groups is 1. The molecule has 0 aliphatic heterocycles. The Morgan fingerprint density at radius 2 is 1.76 bits per heavy atom. The van der Waals surface area contributed by atoms with Crippen LogP contribution in [0.25, 0.3) is 0 Å². The molecule has 0 spiro atoms. The van der Waals surface area contributed by atoms with E-state index in [-0.39, 0.29) is 29.9 Å². The molecule has 1 aromatic rings. The third-order valence-electron chi connectivity index (χ3n) is 3.38. The second kappa shape index (κ2) is 13.7. The maximum absolute atomic E-state index is 12.0. The van der Waals surface area contributed by atoms with Gasteiger partial charge in [-0.25, -0.2) is 0 Å². The Balaban J connectivity index is 0.00000576. The third-order valence-corrected chi connectivity index (χ3v) is 3.38. The van der Waals surface area contributed by atoms with Crippen LogP contribution in [0, 0.1) is 5.92 Å². The summed E-state index contributed by atoms with van der Waals surface area (Å²) in [5.74, 6) is 2.07. The van der Waals surface area contributed by atoms with Gasteiger partial charge in [0.15, 0.2) is 5.96 Å². The summed E-state index contributed by atoms with van der Waals surface area (Å²) in [7, 11) is 1.60. The van der Waals surface area contributed by atoms with Crippen LogP contribution in [0.3, 0.4) is 0 Å². The minimum atomic E-state index is -0.0961. The summed E-state index contributed by atoms with van der Waals surface area (Å²) in [6, 6.07) is 7.05. The minimum Gasteiger partial charge on any atom is -0.497 e. The van der Waals surface area contributed by atoms with Crippen LogP contribution in [0.15, 0.2) is 29.3 Å². The third kappa shape index (κ3) is 10.2. The molecule has 6 nitrogen and oxygen atoms in total. The Hall–Kier alpha value is -1.51. The average Bonchev–Trinajstić information content (AvgIpc) is 2.58. The first kappa shape index (κ1) is 23.5. The Kier molecular flexibility index (Phi) is 12.9. The first-order valence-electron chi connectivity index (χ1n) is 8.51. The number of amides is 1. The highest BCUT2D eigenvalue weighted by Crippen LogP contribution is 2.10. The van der Waals surface area contributed by atoms with Crippen molar-refractivity contribution in [2.75, 3.05) is 33.3 Å². The van der Waals surface area contributed by atoms with Crippen molar-refractivity contribution < 1.29 is 9.53 Å². The number of halogens is 1. The molecule has 0 fully saturated rings. The second-order valence-electron chi connectivity index (χ2n) is 5.85. The molecular formula is C18H31IN4O2. The van der Waals surface area contributed by atoms with E-state index in [4.69, 9.17) is 4.74 Å². The molecule has 0 unspecified atom stereocenters. The van der Waals surface area contributed by atoms with Crippen LogP contribution in [0.1, 0.15) is 37.6 Å². The zero-order valence-electron chi connectivity index (χ0n) is 15.6. The molecule has 0 heterocycles. The van der Waals surface area contributed by atoms with E-state index in [2.05, 4.69) is 34.8 Å². The summed E-state index contributed by atoms with van der Waals surface area (Å²) < 4.78 is 5.08. The highest BCUT2D eigenvalue weighted by molar-refractivity contribution is 14.0. The number of methoxy groups -OCH3 is 1. The number of ether oxygens (including phenoxy) is 1. The number of rotatable bonds is 9. The van der Waals surface area contributed by atoms with E-state index < -0.39 is 0 Å². The molecular weight excluding hydrogens is 431 g/mol. The van der Waals surface area contributed by atoms with Crippen molar-refractivity contribution in [2.24, 2.45) is 10.9 Å². The van der Waals surface area contributed by atoms with Gasteiger partial charge in [0, 0.05) is 31.7 Å². The quantitative estimate of drug-likeness (QED) is 0.228. The molecule has 1 amide bonds. The number of carbonyl (C=O) groups excluding carboxylic acids is 1. The molecule has 0 radical (unpaired) electrons. The van der Waals surface area contributed by atoms with E-state index in [1.165, 1.54) is 0 Å². The summed E-state index contributed by atoms with van der Waals surface area (Å²) in [5.41, 5.74) is 0.619. The molecule has 0 saturated carbocycles. The van der Waals surface area contributed by atoms with Crippen LogP contribution in [-0.4, -0.2) is 45.2 Å². The molecule has 1 rings (SSSR count). The first-order chi connectivity index (χ1) is 11.6. The Morgan fingerprint density at radius 1 is 1.12 bits per heavy atom. The fourth-order valence-corrected chi connectivity index (χ4v) is 1.98. The predicted molar refractivity (Wildman–Crippen MR) is 114 cm³/mol. The molecule has 0 aliphatic rings. The van der Waals surface area contributed by atoms with Crippen LogP contribution in [0.2, 0.25) is 0 Å². The van der Waals surface area contributed by atoms with Gasteiger partial charge in [-0.05, 0) is 43.5 Å². The van der Waals surface area contributed by atoms with E-state index in [1.54, 1.807) is 31.4 Å². The number of carbonyl (C=O) groups is 1. The summed E-state index contributed by atoms with van der Waals surface area (Å²) in [4.78, 5) is 16.6. The summed E-state index contributed by atoms with van der Waals surface area (Å²) in [6.07, 6.45) is 1.06. The first-order valence-corrected chi connectivity index (χ1v) is 8.51. The van der Waals surface area contributed by atoms with Gasteiger partial charge in [-0.15, -0.1) is 24.0 Å². The Bertz CT molecular complexity index is 518. The van der Waals surface area contributed by atoms with E-state index in [0.717, 1.165) is 31.2 Å². The lowest BCUT2D eigenvalue weighted by atomic mass is 10.1. The van der Waals surface area contributed by atoms with Gasteiger partial charge in [0.1, 0.15) is 5.75 Å². The van der Waals surface area contributed by atoms with Crippen LogP contribution < -0.4 is 20.7 Å². The fraction of sp³-hybridized carbons (Fsp3) is 0.556. The molecule has 25 heavy (non-hydrogen) atoms. The highest BCUT2D eigenvalue weighted by Gasteiger charge is 2.05. The van der Waals surface area contributed by atoms with E-state index in [9.17, 15) is 4.79 Å². The van der Waals surface area contributed by atoms with Gasteiger partial charge in [-0.1, -0.05) is 13.8 Å². The summed E-state index contributed by atoms with van der Waals surface area (Å²) in [5, 5.41) is 9.31. The molecule has 0 aromatic heterocycles. The van der Waals surface area contributed by atoms with Crippen molar-refractivity contribution in [3.8, 4) is 5.75 Å². The van der Waals surface area contributed by atoms with Crippen LogP contribution in [0.4, 0.5) is 0 Å². The number of nitrogens with zero attached hydrogens (tertiary/aromatic N) is 1. The monoisotopic (exact) mass is 462 g/mol. The normalized spacial score (nSPS) is 10.8. The lowest BCUT2D eigenvalue weighted by Crippen LogP contribution is -2.41. The molecule has 0 aliphatic carbocycles. The van der Waals surface area contributed by atoms with Gasteiger partial charge < -0.3 is 20.7 Å². The van der Waals surface area contributed by atoms with Crippen molar-refractivity contribution in [3.05, 3.63) is 29.8 Å². The maximum Gasteiger partial charge on any atom is 0.251 e. The lowest BCUT2D eigenvalue weighted by molar-refractivity contribution is 0.0954. The van der Waals surface area contributed by atoms with Gasteiger partial charge in [-0.3, -0.25) is 9.79 Å². The van der Waals surface area contributed by atoms with Crippen molar-refractivity contribution in [1.82, 2.24) is 16.0 Å². The number of hydrogen-bond donors (Lipinski definition) is 3. The van der Waals surface area contributed by atoms with Crippen molar-refractivity contribution in [1.29, 1.82) is 0 Å². The van der Waals surface area contributed by atoms with Gasteiger partial charge in [-0.2, -0.15) is 0 Å². The average molecular weight is 462 g/mol. The molecule has 0 atom stereocenters. The number of nitrogens with one attached hydrogen (secondary N) is 3. The minimum absolute atomic E-state index is 0. The zero-order valence-corrected chi connectivity index (χ0v) is 17.9. The van der Waals surface area contributed by atoms with E-state index in [1.807, 2.05) is 6.92 Å². The molecule has 142 valence electrons. The van der Waals surface area contributed by atoms with Crippen LogP contribution in [0.5, 0.6) is 5.75 Å². The van der Waals surface area contributed by atoms with Gasteiger partial charge in [0.05, 0.1) is 7.11 Å². The molecule has 0 bridgehead atoms. The summed E-state index contributed by atoms with van der Waals surface area (Å²) >= 11 is 0. The second-order valence-corrected chi connectivity index (χ2v) is 5.85. The van der Waals surface area contributed by atoms with E-state index in [0.29, 0.717) is 24.6 Å². The smallest absolute Gasteiger partial charge is 0.251 e. The van der Waals surface area contributed by atoms with Crippen LogP contribution >= 0.6 is 24.0 Å². The Morgan fingerprint density at radius 3 is 2.32 bits per heavy atom. The van der Waals surface area contributed by atoms with Crippen molar-refractivity contribution >= 4 is 35.8 Å². The summed E-state index contributed by atoms with van der Waals surface area (Å²) in [6.45, 7) is 9.16.